The number of carbonyl (C=O) groups excluding carboxylic acids is 1. The van der Waals surface area contributed by atoms with Crippen molar-refractivity contribution >= 4 is 11.7 Å². The van der Waals surface area contributed by atoms with Crippen LogP contribution in [-0.2, 0) is 4.74 Å². The van der Waals surface area contributed by atoms with Gasteiger partial charge in [-0.25, -0.2) is 9.78 Å². The Morgan fingerprint density at radius 2 is 1.91 bits per heavy atom. The Bertz CT molecular complexity index is 658. The summed E-state index contributed by atoms with van der Waals surface area (Å²) in [6.45, 7) is 6.56. The molecule has 1 aromatic carbocycles. The average molecular weight is 315 g/mol. The molecular weight excluding hydrogens is 294 g/mol. The number of oxazole rings is 1. The van der Waals surface area contributed by atoms with Crippen molar-refractivity contribution in [3.05, 3.63) is 36.2 Å². The van der Waals surface area contributed by atoms with Crippen LogP contribution in [0.15, 0.2) is 34.9 Å². The minimum atomic E-state index is -0.0979. The van der Waals surface area contributed by atoms with Crippen LogP contribution < -0.4 is 5.32 Å². The first-order valence-corrected chi connectivity index (χ1v) is 7.83. The zero-order valence-corrected chi connectivity index (χ0v) is 13.4. The van der Waals surface area contributed by atoms with Gasteiger partial charge in [-0.3, -0.25) is 0 Å². The molecule has 23 heavy (non-hydrogen) atoms. The van der Waals surface area contributed by atoms with Gasteiger partial charge in [-0.2, -0.15) is 0 Å². The third-order valence-electron chi connectivity index (χ3n) is 3.77. The first-order valence-electron chi connectivity index (χ1n) is 7.83. The van der Waals surface area contributed by atoms with Gasteiger partial charge in [0.2, 0.25) is 5.89 Å². The molecule has 122 valence electrons. The highest BCUT2D eigenvalue weighted by atomic mass is 16.5. The van der Waals surface area contributed by atoms with Gasteiger partial charge in [-0.15, -0.1) is 0 Å². The second-order valence-corrected chi connectivity index (χ2v) is 5.83. The standard InChI is InChI=1S/C17H21N3O3/c1-12(2)15-11-18-16(23-15)13-3-5-14(6-4-13)19-17(21)20-7-9-22-10-8-20/h3-6,11-12H,7-10H2,1-2H3,(H,19,21). The molecule has 1 aliphatic rings. The van der Waals surface area contributed by atoms with Crippen LogP contribution in [0.4, 0.5) is 10.5 Å². The van der Waals surface area contributed by atoms with E-state index in [-0.39, 0.29) is 6.03 Å². The van der Waals surface area contributed by atoms with Crippen LogP contribution in [-0.4, -0.2) is 42.2 Å². The molecule has 1 aliphatic heterocycles. The Hall–Kier alpha value is -2.34. The molecule has 0 spiro atoms. The molecule has 6 heteroatoms. The van der Waals surface area contributed by atoms with Crippen LogP contribution in [0, 0.1) is 0 Å². The van der Waals surface area contributed by atoms with Gasteiger partial charge in [0.15, 0.2) is 0 Å². The van der Waals surface area contributed by atoms with E-state index in [0.29, 0.717) is 38.1 Å². The van der Waals surface area contributed by atoms with Crippen LogP contribution in [0.25, 0.3) is 11.5 Å². The molecule has 2 aromatic rings. The van der Waals surface area contributed by atoms with E-state index in [4.69, 9.17) is 9.15 Å². The number of anilines is 1. The molecule has 6 nitrogen and oxygen atoms in total. The summed E-state index contributed by atoms with van der Waals surface area (Å²) < 4.78 is 11.0. The number of hydrogen-bond acceptors (Lipinski definition) is 4. The topological polar surface area (TPSA) is 67.6 Å². The van der Waals surface area contributed by atoms with Crippen molar-refractivity contribution in [2.45, 2.75) is 19.8 Å². The maximum atomic E-state index is 12.1. The molecule has 1 N–H and O–H groups in total. The number of nitrogens with zero attached hydrogens (tertiary/aromatic N) is 2. The highest BCUT2D eigenvalue weighted by molar-refractivity contribution is 5.89. The fourth-order valence-electron chi connectivity index (χ4n) is 2.35. The quantitative estimate of drug-likeness (QED) is 0.943. The van der Waals surface area contributed by atoms with Crippen molar-refractivity contribution in [3.63, 3.8) is 0 Å². The predicted molar refractivity (Wildman–Crippen MR) is 87.4 cm³/mol. The van der Waals surface area contributed by atoms with Crippen molar-refractivity contribution in [2.24, 2.45) is 0 Å². The fourth-order valence-corrected chi connectivity index (χ4v) is 2.35. The largest absolute Gasteiger partial charge is 0.441 e. The third kappa shape index (κ3) is 3.71. The number of morpholine rings is 1. The summed E-state index contributed by atoms with van der Waals surface area (Å²) in [5, 5.41) is 2.89. The first-order chi connectivity index (χ1) is 11.1. The van der Waals surface area contributed by atoms with E-state index in [1.165, 1.54) is 0 Å². The molecule has 2 amide bonds. The lowest BCUT2D eigenvalue weighted by Gasteiger charge is -2.26. The zero-order valence-electron chi connectivity index (χ0n) is 13.4. The number of rotatable bonds is 3. The summed E-state index contributed by atoms with van der Waals surface area (Å²) >= 11 is 0. The van der Waals surface area contributed by atoms with Gasteiger partial charge in [0.1, 0.15) is 5.76 Å². The van der Waals surface area contributed by atoms with Crippen molar-refractivity contribution in [1.29, 1.82) is 0 Å². The number of ether oxygens (including phenoxy) is 1. The van der Waals surface area contributed by atoms with E-state index >= 15 is 0 Å². The number of nitrogens with one attached hydrogen (secondary N) is 1. The van der Waals surface area contributed by atoms with E-state index in [1.807, 2.05) is 24.3 Å². The molecule has 2 heterocycles. The number of urea groups is 1. The Balaban J connectivity index is 1.65. The monoisotopic (exact) mass is 315 g/mol. The van der Waals surface area contributed by atoms with E-state index in [9.17, 15) is 4.79 Å². The summed E-state index contributed by atoms with van der Waals surface area (Å²) in [5.41, 5.74) is 1.64. The number of carbonyl (C=O) groups is 1. The van der Waals surface area contributed by atoms with Crippen molar-refractivity contribution in [3.8, 4) is 11.5 Å². The summed E-state index contributed by atoms with van der Waals surface area (Å²) in [6.07, 6.45) is 1.76. The SMILES string of the molecule is CC(C)c1cnc(-c2ccc(NC(=O)N3CCOCC3)cc2)o1. The van der Waals surface area contributed by atoms with E-state index < -0.39 is 0 Å². The minimum absolute atomic E-state index is 0.0979. The van der Waals surface area contributed by atoms with Crippen molar-refractivity contribution < 1.29 is 13.9 Å². The molecule has 0 unspecified atom stereocenters. The number of amides is 2. The van der Waals surface area contributed by atoms with Crippen LogP contribution in [0.1, 0.15) is 25.5 Å². The lowest BCUT2D eigenvalue weighted by Crippen LogP contribution is -2.43. The maximum Gasteiger partial charge on any atom is 0.321 e. The summed E-state index contributed by atoms with van der Waals surface area (Å²) in [4.78, 5) is 18.2. The van der Waals surface area contributed by atoms with Gasteiger partial charge >= 0.3 is 6.03 Å². The molecule has 0 radical (unpaired) electrons. The van der Waals surface area contributed by atoms with Crippen LogP contribution in [0.2, 0.25) is 0 Å². The Morgan fingerprint density at radius 3 is 2.52 bits per heavy atom. The zero-order chi connectivity index (χ0) is 16.2. The number of benzene rings is 1. The third-order valence-corrected chi connectivity index (χ3v) is 3.77. The molecule has 0 bridgehead atoms. The number of aromatic nitrogens is 1. The lowest BCUT2D eigenvalue weighted by atomic mass is 10.2. The molecule has 0 aliphatic carbocycles. The summed E-state index contributed by atoms with van der Waals surface area (Å²) in [6, 6.07) is 7.40. The lowest BCUT2D eigenvalue weighted by molar-refractivity contribution is 0.0564. The van der Waals surface area contributed by atoms with Gasteiger partial charge in [0.05, 0.1) is 19.4 Å². The summed E-state index contributed by atoms with van der Waals surface area (Å²) in [7, 11) is 0. The Morgan fingerprint density at radius 1 is 1.22 bits per heavy atom. The van der Waals surface area contributed by atoms with Gasteiger partial charge in [-0.1, -0.05) is 13.8 Å². The molecule has 1 saturated heterocycles. The number of hydrogen-bond donors (Lipinski definition) is 1. The van der Waals surface area contributed by atoms with E-state index in [2.05, 4.69) is 24.1 Å². The maximum absolute atomic E-state index is 12.1. The Labute approximate surface area is 135 Å². The highest BCUT2D eigenvalue weighted by Gasteiger charge is 2.16. The van der Waals surface area contributed by atoms with Crippen LogP contribution in [0.3, 0.4) is 0 Å². The molecule has 0 saturated carbocycles. The smallest absolute Gasteiger partial charge is 0.321 e. The first kappa shape index (κ1) is 15.6. The van der Waals surface area contributed by atoms with Gasteiger partial charge in [0.25, 0.3) is 0 Å². The molecular formula is C17H21N3O3. The normalized spacial score (nSPS) is 15.0. The average Bonchev–Trinajstić information content (AvgIpc) is 3.07. The van der Waals surface area contributed by atoms with Crippen LogP contribution >= 0.6 is 0 Å². The fraction of sp³-hybridized carbons (Fsp3) is 0.412. The predicted octanol–water partition coefficient (Wildman–Crippen LogP) is 3.33. The van der Waals surface area contributed by atoms with Crippen molar-refractivity contribution in [2.75, 3.05) is 31.6 Å². The highest BCUT2D eigenvalue weighted by Crippen LogP contribution is 2.24. The minimum Gasteiger partial charge on any atom is -0.441 e. The molecule has 3 rings (SSSR count). The molecule has 0 atom stereocenters. The van der Waals surface area contributed by atoms with Gasteiger partial charge in [0, 0.05) is 30.3 Å². The Kier molecular flexibility index (Phi) is 4.62. The second-order valence-electron chi connectivity index (χ2n) is 5.83. The van der Waals surface area contributed by atoms with Crippen LogP contribution in [0.5, 0.6) is 0 Å². The van der Waals surface area contributed by atoms with Gasteiger partial charge in [-0.05, 0) is 24.3 Å². The second kappa shape index (κ2) is 6.83. The molecule has 1 fully saturated rings. The van der Waals surface area contributed by atoms with E-state index in [1.54, 1.807) is 11.1 Å². The van der Waals surface area contributed by atoms with E-state index in [0.717, 1.165) is 17.0 Å². The molecule has 1 aromatic heterocycles. The van der Waals surface area contributed by atoms with Gasteiger partial charge < -0.3 is 19.4 Å². The summed E-state index contributed by atoms with van der Waals surface area (Å²) in [5.74, 6) is 1.77. The van der Waals surface area contributed by atoms with Crippen molar-refractivity contribution in [1.82, 2.24) is 9.88 Å².